The molecule has 1 amide bonds. The summed E-state index contributed by atoms with van der Waals surface area (Å²) in [6.45, 7) is 2.70. The molecule has 0 bridgehead atoms. The van der Waals surface area contributed by atoms with Crippen LogP contribution in [0.25, 0.3) is 0 Å². The molecular formula is C14H20ClN3O. The zero-order valence-electron chi connectivity index (χ0n) is 11.2. The molecule has 1 aliphatic rings. The average Bonchev–Trinajstić information content (AvgIpc) is 2.43. The first-order valence-corrected chi connectivity index (χ1v) is 7.23. The number of hydrogen-bond donors (Lipinski definition) is 1. The summed E-state index contributed by atoms with van der Waals surface area (Å²) in [7, 11) is 0. The summed E-state index contributed by atoms with van der Waals surface area (Å²) >= 11 is 5.86. The lowest BCUT2D eigenvalue weighted by molar-refractivity contribution is 0.0649. The number of carbonyl (C=O) groups is 1. The van der Waals surface area contributed by atoms with Crippen molar-refractivity contribution < 1.29 is 4.79 Å². The van der Waals surface area contributed by atoms with Gasteiger partial charge in [0.15, 0.2) is 0 Å². The van der Waals surface area contributed by atoms with E-state index in [9.17, 15) is 4.79 Å². The number of pyridine rings is 1. The van der Waals surface area contributed by atoms with Crippen LogP contribution in [0.1, 0.15) is 49.4 Å². The minimum Gasteiger partial charge on any atom is -0.397 e. The first-order chi connectivity index (χ1) is 9.13. The Hall–Kier alpha value is -1.29. The number of carbonyl (C=O) groups excluding carboxylic acids is 1. The van der Waals surface area contributed by atoms with Crippen LogP contribution < -0.4 is 5.73 Å². The van der Waals surface area contributed by atoms with Crippen LogP contribution in [-0.2, 0) is 0 Å². The molecule has 4 nitrogen and oxygen atoms in total. The maximum Gasteiger partial charge on any atom is 0.256 e. The maximum absolute atomic E-state index is 12.6. The molecule has 0 unspecified atom stereocenters. The summed E-state index contributed by atoms with van der Waals surface area (Å²) in [6.07, 6.45) is 7.27. The second-order valence-electron chi connectivity index (χ2n) is 4.98. The smallest absolute Gasteiger partial charge is 0.256 e. The van der Waals surface area contributed by atoms with Crippen LogP contribution >= 0.6 is 11.6 Å². The normalized spacial score (nSPS) is 16.3. The first-order valence-electron chi connectivity index (χ1n) is 6.85. The highest BCUT2D eigenvalue weighted by atomic mass is 35.5. The molecule has 1 aromatic rings. The Morgan fingerprint density at radius 3 is 2.79 bits per heavy atom. The fourth-order valence-electron chi connectivity index (χ4n) is 2.74. The van der Waals surface area contributed by atoms with Crippen molar-refractivity contribution in [1.82, 2.24) is 9.88 Å². The summed E-state index contributed by atoms with van der Waals surface area (Å²) in [4.78, 5) is 18.4. The number of amides is 1. The van der Waals surface area contributed by atoms with Crippen LogP contribution in [0.4, 0.5) is 5.69 Å². The van der Waals surface area contributed by atoms with Crippen LogP contribution in [0.5, 0.6) is 0 Å². The van der Waals surface area contributed by atoms with Crippen LogP contribution in [-0.4, -0.2) is 28.4 Å². The summed E-state index contributed by atoms with van der Waals surface area (Å²) in [5.74, 6) is -0.0313. The van der Waals surface area contributed by atoms with Gasteiger partial charge in [0, 0.05) is 12.6 Å². The third-order valence-corrected chi connectivity index (χ3v) is 3.96. The molecule has 0 radical (unpaired) electrons. The highest BCUT2D eigenvalue weighted by molar-refractivity contribution is 6.29. The van der Waals surface area contributed by atoms with Gasteiger partial charge in [-0.1, -0.05) is 30.9 Å². The zero-order valence-corrected chi connectivity index (χ0v) is 12.0. The van der Waals surface area contributed by atoms with Crippen molar-refractivity contribution >= 4 is 23.2 Å². The summed E-state index contributed by atoms with van der Waals surface area (Å²) in [6, 6.07) is 1.89. The lowest BCUT2D eigenvalue weighted by Crippen LogP contribution is -2.41. The third kappa shape index (κ3) is 3.18. The van der Waals surface area contributed by atoms with Crippen molar-refractivity contribution in [2.45, 2.75) is 45.1 Å². The van der Waals surface area contributed by atoms with Gasteiger partial charge in [-0.15, -0.1) is 0 Å². The first kappa shape index (κ1) is 14.1. The van der Waals surface area contributed by atoms with E-state index in [2.05, 4.69) is 4.98 Å². The van der Waals surface area contributed by atoms with Crippen LogP contribution in [0.15, 0.2) is 12.3 Å². The van der Waals surface area contributed by atoms with Gasteiger partial charge >= 0.3 is 0 Å². The van der Waals surface area contributed by atoms with Gasteiger partial charge in [0.25, 0.3) is 5.91 Å². The fourth-order valence-corrected chi connectivity index (χ4v) is 2.90. The Labute approximate surface area is 118 Å². The van der Waals surface area contributed by atoms with Crippen molar-refractivity contribution in [3.63, 3.8) is 0 Å². The monoisotopic (exact) mass is 281 g/mol. The Morgan fingerprint density at radius 1 is 1.47 bits per heavy atom. The second kappa shape index (κ2) is 6.24. The second-order valence-corrected chi connectivity index (χ2v) is 5.36. The van der Waals surface area contributed by atoms with Gasteiger partial charge in [-0.2, -0.15) is 0 Å². The molecule has 1 fully saturated rings. The molecule has 1 saturated carbocycles. The van der Waals surface area contributed by atoms with E-state index in [1.165, 1.54) is 25.5 Å². The van der Waals surface area contributed by atoms with E-state index in [4.69, 9.17) is 17.3 Å². The average molecular weight is 282 g/mol. The quantitative estimate of drug-likeness (QED) is 0.866. The van der Waals surface area contributed by atoms with Gasteiger partial charge in [0.1, 0.15) is 5.15 Å². The molecule has 0 spiro atoms. The Bertz CT molecular complexity index is 458. The van der Waals surface area contributed by atoms with Gasteiger partial charge < -0.3 is 10.6 Å². The number of nitrogens with zero attached hydrogens (tertiary/aromatic N) is 2. The van der Waals surface area contributed by atoms with Gasteiger partial charge in [0.05, 0.1) is 17.4 Å². The molecule has 5 heteroatoms. The van der Waals surface area contributed by atoms with Gasteiger partial charge in [-0.3, -0.25) is 4.79 Å². The number of rotatable bonds is 3. The largest absolute Gasteiger partial charge is 0.397 e. The Kier molecular flexibility index (Phi) is 4.64. The Morgan fingerprint density at radius 2 is 2.16 bits per heavy atom. The molecule has 104 valence electrons. The number of halogens is 1. The number of hydrogen-bond acceptors (Lipinski definition) is 3. The van der Waals surface area contributed by atoms with Crippen molar-refractivity contribution in [2.75, 3.05) is 12.3 Å². The highest BCUT2D eigenvalue weighted by Crippen LogP contribution is 2.25. The van der Waals surface area contributed by atoms with E-state index in [1.54, 1.807) is 6.07 Å². The predicted molar refractivity (Wildman–Crippen MR) is 77.2 cm³/mol. The number of nitrogen functional groups attached to an aromatic ring is 1. The molecule has 0 saturated heterocycles. The lowest BCUT2D eigenvalue weighted by Gasteiger charge is -2.33. The van der Waals surface area contributed by atoms with Crippen LogP contribution in [0, 0.1) is 0 Å². The molecule has 0 aliphatic heterocycles. The molecule has 0 atom stereocenters. The highest BCUT2D eigenvalue weighted by Gasteiger charge is 2.26. The molecule has 19 heavy (non-hydrogen) atoms. The standard InChI is InChI=1S/C14H20ClN3O/c1-2-18(10-6-4-3-5-7-10)14(19)11-8-13(15)17-9-12(11)16/h8-10H,2-7,16H2,1H3. The maximum atomic E-state index is 12.6. The summed E-state index contributed by atoms with van der Waals surface area (Å²) in [5, 5.41) is 0.303. The van der Waals surface area contributed by atoms with E-state index in [-0.39, 0.29) is 5.91 Å². The molecule has 1 aliphatic carbocycles. The molecule has 0 aromatic carbocycles. The Balaban J connectivity index is 2.22. The molecular weight excluding hydrogens is 262 g/mol. The minimum absolute atomic E-state index is 0.0313. The zero-order chi connectivity index (χ0) is 13.8. The molecule has 1 aromatic heterocycles. The van der Waals surface area contributed by atoms with E-state index >= 15 is 0 Å². The molecule has 1 heterocycles. The van der Waals surface area contributed by atoms with Crippen molar-refractivity contribution in [2.24, 2.45) is 0 Å². The van der Waals surface area contributed by atoms with Gasteiger partial charge in [-0.25, -0.2) is 4.98 Å². The minimum atomic E-state index is -0.0313. The number of anilines is 1. The van der Waals surface area contributed by atoms with Gasteiger partial charge in [0.2, 0.25) is 0 Å². The van der Waals surface area contributed by atoms with Crippen molar-refractivity contribution in [1.29, 1.82) is 0 Å². The van der Waals surface area contributed by atoms with E-state index in [0.717, 1.165) is 12.8 Å². The van der Waals surface area contributed by atoms with Gasteiger partial charge in [-0.05, 0) is 25.8 Å². The lowest BCUT2D eigenvalue weighted by atomic mass is 9.93. The van der Waals surface area contributed by atoms with Crippen LogP contribution in [0.2, 0.25) is 5.15 Å². The van der Waals surface area contributed by atoms with E-state index in [1.807, 2.05) is 11.8 Å². The van der Waals surface area contributed by atoms with Crippen molar-refractivity contribution in [3.8, 4) is 0 Å². The molecule has 2 N–H and O–H groups in total. The molecule has 2 rings (SSSR count). The summed E-state index contributed by atoms with van der Waals surface area (Å²) < 4.78 is 0. The predicted octanol–water partition coefficient (Wildman–Crippen LogP) is 3.11. The summed E-state index contributed by atoms with van der Waals surface area (Å²) in [5.41, 5.74) is 6.70. The number of aromatic nitrogens is 1. The fraction of sp³-hybridized carbons (Fsp3) is 0.571. The topological polar surface area (TPSA) is 59.2 Å². The van der Waals surface area contributed by atoms with Crippen LogP contribution in [0.3, 0.4) is 0 Å². The van der Waals surface area contributed by atoms with E-state index in [0.29, 0.717) is 29.0 Å². The SMILES string of the molecule is CCN(C(=O)c1cc(Cl)ncc1N)C1CCCCC1. The number of nitrogens with two attached hydrogens (primary N) is 1. The van der Waals surface area contributed by atoms with Crippen molar-refractivity contribution in [3.05, 3.63) is 23.0 Å². The third-order valence-electron chi connectivity index (χ3n) is 3.75. The van der Waals surface area contributed by atoms with E-state index < -0.39 is 0 Å².